The summed E-state index contributed by atoms with van der Waals surface area (Å²) in [4.78, 5) is 0. The van der Waals surface area contributed by atoms with Crippen LogP contribution < -0.4 is 0 Å². The van der Waals surface area contributed by atoms with Crippen molar-refractivity contribution in [1.29, 1.82) is 15.8 Å². The zero-order valence-electron chi connectivity index (χ0n) is 7.62. The van der Waals surface area contributed by atoms with Crippen molar-refractivity contribution in [2.24, 2.45) is 5.92 Å². The Bertz CT molecular complexity index is 280. The summed E-state index contributed by atoms with van der Waals surface area (Å²) < 4.78 is 0. The number of allylic oxidation sites excluding steroid dienone is 2. The van der Waals surface area contributed by atoms with Gasteiger partial charge in [0.1, 0.15) is 17.7 Å². The van der Waals surface area contributed by atoms with Gasteiger partial charge in [-0.25, -0.2) is 0 Å². The van der Waals surface area contributed by atoms with E-state index in [1.807, 2.05) is 19.1 Å². The zero-order valence-corrected chi connectivity index (χ0v) is 7.62. The molecule has 1 atom stereocenters. The summed E-state index contributed by atoms with van der Waals surface area (Å²) in [5.74, 6) is 0.197. The maximum Gasteiger partial charge on any atom is 0.125 e. The Hall–Kier alpha value is -1.79. The highest BCUT2D eigenvalue weighted by molar-refractivity contribution is 5.35. The molecule has 0 saturated heterocycles. The number of nitriles is 3. The van der Waals surface area contributed by atoms with Gasteiger partial charge >= 0.3 is 0 Å². The highest BCUT2D eigenvalue weighted by Crippen LogP contribution is 2.10. The van der Waals surface area contributed by atoms with Crippen LogP contribution in [0, 0.1) is 39.9 Å². The second-order valence-electron chi connectivity index (χ2n) is 2.83. The third-order valence-corrected chi connectivity index (χ3v) is 1.64. The Morgan fingerprint density at radius 1 is 1.31 bits per heavy atom. The standard InChI is InChI=1S/C10H11N3/c1-9(4-2-3-5-11)6-10(7-12)8-13/h6,9H,2-4H2,1H3. The van der Waals surface area contributed by atoms with Crippen LogP contribution in [-0.2, 0) is 0 Å². The molecule has 0 aliphatic heterocycles. The van der Waals surface area contributed by atoms with E-state index >= 15 is 0 Å². The minimum atomic E-state index is 0.157. The summed E-state index contributed by atoms with van der Waals surface area (Å²) in [6, 6.07) is 5.67. The lowest BCUT2D eigenvalue weighted by Gasteiger charge is -2.02. The monoisotopic (exact) mass is 173 g/mol. The van der Waals surface area contributed by atoms with Crippen molar-refractivity contribution in [1.82, 2.24) is 0 Å². The van der Waals surface area contributed by atoms with Gasteiger partial charge in [0, 0.05) is 6.42 Å². The molecule has 0 aliphatic rings. The van der Waals surface area contributed by atoms with E-state index in [0.29, 0.717) is 6.42 Å². The highest BCUT2D eigenvalue weighted by Gasteiger charge is 2.00. The lowest BCUT2D eigenvalue weighted by atomic mass is 10.0. The van der Waals surface area contributed by atoms with Crippen molar-refractivity contribution in [2.45, 2.75) is 26.2 Å². The van der Waals surface area contributed by atoms with Crippen LogP contribution in [0.3, 0.4) is 0 Å². The van der Waals surface area contributed by atoms with E-state index in [9.17, 15) is 0 Å². The summed E-state index contributed by atoms with van der Waals surface area (Å²) in [6.45, 7) is 1.94. The van der Waals surface area contributed by atoms with E-state index in [1.54, 1.807) is 6.08 Å². The van der Waals surface area contributed by atoms with Crippen LogP contribution in [0.15, 0.2) is 11.6 Å². The van der Waals surface area contributed by atoms with Crippen LogP contribution in [0.1, 0.15) is 26.2 Å². The molecule has 0 fully saturated rings. The Morgan fingerprint density at radius 3 is 2.38 bits per heavy atom. The van der Waals surface area contributed by atoms with Crippen molar-refractivity contribution in [3.63, 3.8) is 0 Å². The second-order valence-corrected chi connectivity index (χ2v) is 2.83. The SMILES string of the molecule is CC(C=C(C#N)C#N)CCCC#N. The molecule has 3 heteroatoms. The molecule has 0 heterocycles. The number of hydrogen-bond donors (Lipinski definition) is 0. The number of rotatable bonds is 4. The van der Waals surface area contributed by atoms with Gasteiger partial charge in [-0.15, -0.1) is 0 Å². The molecule has 13 heavy (non-hydrogen) atoms. The van der Waals surface area contributed by atoms with E-state index in [2.05, 4.69) is 6.07 Å². The minimum absolute atomic E-state index is 0.157. The first-order valence-electron chi connectivity index (χ1n) is 4.13. The van der Waals surface area contributed by atoms with Crippen LogP contribution in [0.5, 0.6) is 0 Å². The molecular weight excluding hydrogens is 162 g/mol. The van der Waals surface area contributed by atoms with E-state index in [1.165, 1.54) is 0 Å². The van der Waals surface area contributed by atoms with E-state index in [4.69, 9.17) is 15.8 Å². The van der Waals surface area contributed by atoms with Crippen LogP contribution in [0.25, 0.3) is 0 Å². The van der Waals surface area contributed by atoms with Gasteiger partial charge in [0.2, 0.25) is 0 Å². The van der Waals surface area contributed by atoms with E-state index < -0.39 is 0 Å². The molecule has 0 aromatic carbocycles. The average Bonchev–Trinajstić information content (AvgIpc) is 2.14. The van der Waals surface area contributed by atoms with Crippen LogP contribution in [0.4, 0.5) is 0 Å². The second kappa shape index (κ2) is 6.89. The highest BCUT2D eigenvalue weighted by atomic mass is 14.3. The molecule has 3 nitrogen and oxygen atoms in total. The third kappa shape index (κ3) is 5.48. The Kier molecular flexibility index (Phi) is 5.94. The number of unbranched alkanes of at least 4 members (excludes halogenated alkanes) is 1. The van der Waals surface area contributed by atoms with E-state index in [-0.39, 0.29) is 11.5 Å². The summed E-state index contributed by atoms with van der Waals surface area (Å²) in [7, 11) is 0. The first-order chi connectivity index (χ1) is 6.24. The quantitative estimate of drug-likeness (QED) is 0.483. The topological polar surface area (TPSA) is 71.4 Å². The van der Waals surface area contributed by atoms with Gasteiger partial charge in [0.05, 0.1) is 6.07 Å². The number of nitrogens with zero attached hydrogens (tertiary/aromatic N) is 3. The van der Waals surface area contributed by atoms with Crippen LogP contribution in [-0.4, -0.2) is 0 Å². The smallest absolute Gasteiger partial charge is 0.125 e. The predicted octanol–water partition coefficient (Wildman–Crippen LogP) is 2.29. The molecular formula is C10H11N3. The Morgan fingerprint density at radius 2 is 1.92 bits per heavy atom. The zero-order chi connectivity index (χ0) is 10.1. The molecule has 0 radical (unpaired) electrons. The normalized spacial score (nSPS) is 10.3. The van der Waals surface area contributed by atoms with E-state index in [0.717, 1.165) is 12.8 Å². The Labute approximate surface area is 78.5 Å². The van der Waals surface area contributed by atoms with Gasteiger partial charge in [-0.3, -0.25) is 0 Å². The summed E-state index contributed by atoms with van der Waals surface area (Å²) >= 11 is 0. The van der Waals surface area contributed by atoms with Gasteiger partial charge in [0.25, 0.3) is 0 Å². The molecule has 0 saturated carbocycles. The molecule has 1 unspecified atom stereocenters. The summed E-state index contributed by atoms with van der Waals surface area (Å²) in [6.07, 6.45) is 3.85. The first-order valence-corrected chi connectivity index (χ1v) is 4.13. The van der Waals surface area contributed by atoms with Crippen LogP contribution in [0.2, 0.25) is 0 Å². The lowest BCUT2D eigenvalue weighted by molar-refractivity contribution is 0.613. The average molecular weight is 173 g/mol. The molecule has 0 bridgehead atoms. The van der Waals surface area contributed by atoms with Crippen molar-refractivity contribution in [2.75, 3.05) is 0 Å². The fourth-order valence-electron chi connectivity index (χ4n) is 0.970. The minimum Gasteiger partial charge on any atom is -0.198 e. The molecule has 0 spiro atoms. The van der Waals surface area contributed by atoms with Gasteiger partial charge < -0.3 is 0 Å². The van der Waals surface area contributed by atoms with Crippen molar-refractivity contribution in [3.05, 3.63) is 11.6 Å². The Balaban J connectivity index is 3.95. The fraction of sp³-hybridized carbons (Fsp3) is 0.500. The largest absolute Gasteiger partial charge is 0.198 e. The maximum atomic E-state index is 8.45. The molecule has 0 N–H and O–H groups in total. The molecule has 0 rings (SSSR count). The number of hydrogen-bond acceptors (Lipinski definition) is 3. The molecule has 0 aliphatic carbocycles. The molecule has 0 amide bonds. The van der Waals surface area contributed by atoms with Gasteiger partial charge in [-0.05, 0) is 18.8 Å². The summed E-state index contributed by atoms with van der Waals surface area (Å²) in [5.41, 5.74) is 0.157. The van der Waals surface area contributed by atoms with Crippen molar-refractivity contribution >= 4 is 0 Å². The van der Waals surface area contributed by atoms with Crippen LogP contribution >= 0.6 is 0 Å². The fourth-order valence-corrected chi connectivity index (χ4v) is 0.970. The maximum absolute atomic E-state index is 8.45. The first kappa shape index (κ1) is 11.2. The van der Waals surface area contributed by atoms with Gasteiger partial charge in [-0.2, -0.15) is 15.8 Å². The van der Waals surface area contributed by atoms with Crippen molar-refractivity contribution < 1.29 is 0 Å². The van der Waals surface area contributed by atoms with Gasteiger partial charge in [0.15, 0.2) is 0 Å². The summed E-state index contributed by atoms with van der Waals surface area (Å²) in [5, 5.41) is 25.2. The van der Waals surface area contributed by atoms with Crippen molar-refractivity contribution in [3.8, 4) is 18.2 Å². The molecule has 66 valence electrons. The predicted molar refractivity (Wildman–Crippen MR) is 47.9 cm³/mol. The lowest BCUT2D eigenvalue weighted by Crippen LogP contribution is -1.91. The van der Waals surface area contributed by atoms with Gasteiger partial charge in [-0.1, -0.05) is 13.0 Å². The molecule has 0 aromatic rings. The molecule has 0 aromatic heterocycles. The third-order valence-electron chi connectivity index (χ3n) is 1.64.